The van der Waals surface area contributed by atoms with E-state index in [0.717, 1.165) is 38.5 Å². The first-order chi connectivity index (χ1) is 14.4. The Morgan fingerprint density at radius 2 is 1.77 bits per heavy atom. The van der Waals surface area contributed by atoms with Gasteiger partial charge in [0.05, 0.1) is 7.11 Å². The van der Waals surface area contributed by atoms with E-state index in [1.807, 2.05) is 0 Å². The average molecular weight is 436 g/mol. The van der Waals surface area contributed by atoms with Crippen LogP contribution in [0.4, 0.5) is 5.69 Å². The van der Waals surface area contributed by atoms with E-state index in [4.69, 9.17) is 4.74 Å². The van der Waals surface area contributed by atoms with Crippen molar-refractivity contribution in [1.82, 2.24) is 9.21 Å². The van der Waals surface area contributed by atoms with Crippen LogP contribution in [-0.2, 0) is 19.6 Å². The monoisotopic (exact) mass is 435 g/mol. The second kappa shape index (κ2) is 8.55. The number of anilines is 1. The SMILES string of the molecule is COc1ccc(NC(=O)C2CCCN2C(=O)C2CC2)cc1S(=O)(=O)N1CCCCC1. The van der Waals surface area contributed by atoms with Gasteiger partial charge in [-0.25, -0.2) is 8.42 Å². The molecule has 164 valence electrons. The predicted molar refractivity (Wildman–Crippen MR) is 112 cm³/mol. The molecule has 1 aliphatic carbocycles. The summed E-state index contributed by atoms with van der Waals surface area (Å²) < 4.78 is 33.1. The Labute approximate surface area is 177 Å². The van der Waals surface area contributed by atoms with Gasteiger partial charge in [-0.3, -0.25) is 9.59 Å². The Bertz CT molecular complexity index is 923. The van der Waals surface area contributed by atoms with Crippen molar-refractivity contribution in [2.24, 2.45) is 5.92 Å². The highest BCUT2D eigenvalue weighted by Gasteiger charge is 2.41. The van der Waals surface area contributed by atoms with Gasteiger partial charge in [-0.05, 0) is 56.7 Å². The van der Waals surface area contributed by atoms with E-state index in [1.54, 1.807) is 17.0 Å². The summed E-state index contributed by atoms with van der Waals surface area (Å²) >= 11 is 0. The molecule has 0 bridgehead atoms. The molecule has 3 fully saturated rings. The highest BCUT2D eigenvalue weighted by molar-refractivity contribution is 7.89. The number of carbonyl (C=O) groups is 2. The zero-order chi connectivity index (χ0) is 21.3. The molecule has 1 aromatic rings. The maximum Gasteiger partial charge on any atom is 0.247 e. The van der Waals surface area contributed by atoms with Gasteiger partial charge >= 0.3 is 0 Å². The van der Waals surface area contributed by atoms with E-state index >= 15 is 0 Å². The molecule has 1 atom stereocenters. The molecule has 0 aromatic heterocycles. The van der Waals surface area contributed by atoms with E-state index in [1.165, 1.54) is 17.5 Å². The topological polar surface area (TPSA) is 96.0 Å². The maximum atomic E-state index is 13.2. The summed E-state index contributed by atoms with van der Waals surface area (Å²) in [5.41, 5.74) is 0.391. The Morgan fingerprint density at radius 1 is 1.03 bits per heavy atom. The Balaban J connectivity index is 1.54. The molecule has 0 spiro atoms. The highest BCUT2D eigenvalue weighted by Crippen LogP contribution is 2.34. The minimum Gasteiger partial charge on any atom is -0.495 e. The number of benzene rings is 1. The van der Waals surface area contributed by atoms with Crippen molar-refractivity contribution in [2.75, 3.05) is 32.1 Å². The largest absolute Gasteiger partial charge is 0.495 e. The second-order valence-electron chi connectivity index (χ2n) is 8.28. The summed E-state index contributed by atoms with van der Waals surface area (Å²) in [4.78, 5) is 27.1. The molecular weight excluding hydrogens is 406 g/mol. The standard InChI is InChI=1S/C21H29N3O5S/c1-29-18-10-9-16(14-19(18)30(27,28)23-11-3-2-4-12-23)22-20(25)17-6-5-13-24(17)21(26)15-7-8-15/h9-10,14-15,17H,2-8,11-13H2,1H3,(H,22,25). The average Bonchev–Trinajstić information content (AvgIpc) is 3.49. The number of rotatable bonds is 6. The minimum atomic E-state index is -3.72. The summed E-state index contributed by atoms with van der Waals surface area (Å²) in [6.45, 7) is 1.58. The van der Waals surface area contributed by atoms with Crippen LogP contribution in [0.25, 0.3) is 0 Å². The van der Waals surface area contributed by atoms with Gasteiger partial charge in [0.2, 0.25) is 21.8 Å². The first-order valence-corrected chi connectivity index (χ1v) is 12.2. The van der Waals surface area contributed by atoms with Gasteiger partial charge in [0, 0.05) is 31.2 Å². The molecule has 4 rings (SSSR count). The van der Waals surface area contributed by atoms with Gasteiger partial charge in [-0.15, -0.1) is 0 Å². The third-order valence-electron chi connectivity index (χ3n) is 6.13. The van der Waals surface area contributed by atoms with E-state index in [-0.39, 0.29) is 28.4 Å². The molecule has 0 radical (unpaired) electrons. The Kier molecular flexibility index (Phi) is 6.02. The van der Waals surface area contributed by atoms with Crippen molar-refractivity contribution in [1.29, 1.82) is 0 Å². The van der Waals surface area contributed by atoms with Gasteiger partial charge in [0.1, 0.15) is 16.7 Å². The fourth-order valence-corrected chi connectivity index (χ4v) is 5.99. The van der Waals surface area contributed by atoms with Crippen LogP contribution in [-0.4, -0.2) is 62.2 Å². The van der Waals surface area contributed by atoms with Crippen LogP contribution in [0.15, 0.2) is 23.1 Å². The van der Waals surface area contributed by atoms with Crippen LogP contribution in [0.3, 0.4) is 0 Å². The number of ether oxygens (including phenoxy) is 1. The van der Waals surface area contributed by atoms with E-state index in [2.05, 4.69) is 5.32 Å². The number of methoxy groups -OCH3 is 1. The molecule has 3 aliphatic rings. The zero-order valence-corrected chi connectivity index (χ0v) is 18.1. The Morgan fingerprint density at radius 3 is 2.43 bits per heavy atom. The molecule has 8 nitrogen and oxygen atoms in total. The molecule has 2 heterocycles. The summed E-state index contributed by atoms with van der Waals surface area (Å²) in [5, 5.41) is 2.82. The molecule has 2 aliphatic heterocycles. The summed E-state index contributed by atoms with van der Waals surface area (Å²) in [7, 11) is -2.28. The molecule has 1 saturated carbocycles. The molecule has 1 unspecified atom stereocenters. The van der Waals surface area contributed by atoms with Crippen molar-refractivity contribution < 1.29 is 22.7 Å². The lowest BCUT2D eigenvalue weighted by Crippen LogP contribution is -2.43. The van der Waals surface area contributed by atoms with Crippen LogP contribution in [0.1, 0.15) is 44.9 Å². The Hall–Kier alpha value is -2.13. The number of likely N-dealkylation sites (tertiary alicyclic amines) is 1. The van der Waals surface area contributed by atoms with Crippen LogP contribution in [0, 0.1) is 5.92 Å². The zero-order valence-electron chi connectivity index (χ0n) is 17.3. The number of piperidine rings is 1. The van der Waals surface area contributed by atoms with Crippen LogP contribution < -0.4 is 10.1 Å². The summed E-state index contributed by atoms with van der Waals surface area (Å²) in [6.07, 6.45) is 5.93. The minimum absolute atomic E-state index is 0.0574. The number of hydrogen-bond acceptors (Lipinski definition) is 5. The van der Waals surface area contributed by atoms with Gasteiger partial charge < -0.3 is 15.0 Å². The third-order valence-corrected chi connectivity index (χ3v) is 8.05. The smallest absolute Gasteiger partial charge is 0.247 e. The molecule has 1 aromatic carbocycles. The number of nitrogens with zero attached hydrogens (tertiary/aromatic N) is 2. The fourth-order valence-electron chi connectivity index (χ4n) is 4.29. The van der Waals surface area contributed by atoms with Gasteiger partial charge in [0.25, 0.3) is 0 Å². The molecule has 9 heteroatoms. The molecule has 2 amide bonds. The number of sulfonamides is 1. The highest BCUT2D eigenvalue weighted by atomic mass is 32.2. The molecular formula is C21H29N3O5S. The van der Waals surface area contributed by atoms with E-state index in [9.17, 15) is 18.0 Å². The van der Waals surface area contributed by atoms with Crippen molar-refractivity contribution in [2.45, 2.75) is 55.9 Å². The summed E-state index contributed by atoms with van der Waals surface area (Å²) in [5.74, 6) is 0.120. The fraction of sp³-hybridized carbons (Fsp3) is 0.619. The number of carbonyl (C=O) groups excluding carboxylic acids is 2. The lowest BCUT2D eigenvalue weighted by molar-refractivity contribution is -0.137. The first kappa shape index (κ1) is 21.1. The van der Waals surface area contributed by atoms with Crippen molar-refractivity contribution >= 4 is 27.5 Å². The van der Waals surface area contributed by atoms with Crippen molar-refractivity contribution in [3.05, 3.63) is 18.2 Å². The van der Waals surface area contributed by atoms with E-state index < -0.39 is 16.1 Å². The molecule has 2 saturated heterocycles. The number of amides is 2. The van der Waals surface area contributed by atoms with Crippen molar-refractivity contribution in [3.63, 3.8) is 0 Å². The van der Waals surface area contributed by atoms with Crippen LogP contribution in [0.5, 0.6) is 5.75 Å². The maximum absolute atomic E-state index is 13.2. The predicted octanol–water partition coefficient (Wildman–Crippen LogP) is 2.21. The van der Waals surface area contributed by atoms with Crippen LogP contribution in [0.2, 0.25) is 0 Å². The van der Waals surface area contributed by atoms with Gasteiger partial charge in [0.15, 0.2) is 0 Å². The summed E-state index contributed by atoms with van der Waals surface area (Å²) in [6, 6.07) is 4.16. The first-order valence-electron chi connectivity index (χ1n) is 10.7. The van der Waals surface area contributed by atoms with Gasteiger partial charge in [-0.1, -0.05) is 6.42 Å². The lowest BCUT2D eigenvalue weighted by Gasteiger charge is -2.27. The lowest BCUT2D eigenvalue weighted by atomic mass is 10.2. The number of hydrogen-bond donors (Lipinski definition) is 1. The van der Waals surface area contributed by atoms with Crippen LogP contribution >= 0.6 is 0 Å². The van der Waals surface area contributed by atoms with Crippen molar-refractivity contribution in [3.8, 4) is 5.75 Å². The van der Waals surface area contributed by atoms with Gasteiger partial charge in [-0.2, -0.15) is 4.31 Å². The number of nitrogens with one attached hydrogen (secondary N) is 1. The second-order valence-corrected chi connectivity index (χ2v) is 10.2. The van der Waals surface area contributed by atoms with E-state index in [0.29, 0.717) is 31.7 Å². The molecule has 1 N–H and O–H groups in total. The third kappa shape index (κ3) is 4.18. The molecule has 30 heavy (non-hydrogen) atoms. The normalized spacial score (nSPS) is 22.7. The quantitative estimate of drug-likeness (QED) is 0.739.